The van der Waals surface area contributed by atoms with E-state index in [1.54, 1.807) is 36.4 Å². The first kappa shape index (κ1) is 34.3. The van der Waals surface area contributed by atoms with Crippen LogP contribution in [0, 0.1) is 45.3 Å². The van der Waals surface area contributed by atoms with E-state index in [1.807, 2.05) is 0 Å². The zero-order valence-electron chi connectivity index (χ0n) is 24.8. The Balaban J connectivity index is 1.72. The second kappa shape index (κ2) is 13.2. The number of aromatic hydroxyl groups is 2. The highest BCUT2D eigenvalue weighted by molar-refractivity contribution is 7.86. The SMILES string of the molecule is N#CC(C#N)=Cc1c(-c2cccc(-c3nn(-c4ccc(S(=O)(=O)[O-])cc4)c(O)c3C=C(C#N)C#N)c2)nn(-c2ccc(S(=O)(=O)[O-])cc2)c1O. The molecule has 5 aromatic rings. The molecule has 18 heteroatoms. The lowest BCUT2D eigenvalue weighted by molar-refractivity contribution is 0.432. The van der Waals surface area contributed by atoms with Crippen LogP contribution >= 0.6 is 0 Å². The van der Waals surface area contributed by atoms with E-state index < -0.39 is 52.9 Å². The predicted molar refractivity (Wildman–Crippen MR) is 169 cm³/mol. The zero-order valence-corrected chi connectivity index (χ0v) is 26.5. The first-order chi connectivity index (χ1) is 23.7. The number of nitriles is 4. The van der Waals surface area contributed by atoms with Gasteiger partial charge in [0.25, 0.3) is 0 Å². The maximum absolute atomic E-state index is 11.4. The van der Waals surface area contributed by atoms with Crippen molar-refractivity contribution >= 4 is 32.4 Å². The number of nitrogens with zero attached hydrogens (tertiary/aromatic N) is 8. The molecule has 0 fully saturated rings. The lowest BCUT2D eigenvalue weighted by Gasteiger charge is -2.08. The first-order valence-corrected chi connectivity index (χ1v) is 16.4. The summed E-state index contributed by atoms with van der Waals surface area (Å²) in [6.07, 6.45) is 2.15. The van der Waals surface area contributed by atoms with Crippen LogP contribution in [0.1, 0.15) is 11.1 Å². The van der Waals surface area contributed by atoms with Crippen LogP contribution in [0.15, 0.2) is 93.7 Å². The molecule has 0 atom stereocenters. The summed E-state index contributed by atoms with van der Waals surface area (Å²) in [7, 11) is -9.56. The fourth-order valence-corrected chi connectivity index (χ4v) is 5.62. The van der Waals surface area contributed by atoms with E-state index in [2.05, 4.69) is 10.2 Å². The molecule has 0 bridgehead atoms. The minimum Gasteiger partial charge on any atom is -0.744 e. The summed E-state index contributed by atoms with van der Waals surface area (Å²) in [6.45, 7) is 0. The van der Waals surface area contributed by atoms with Gasteiger partial charge in [-0.1, -0.05) is 18.2 Å². The Labute approximate surface area is 283 Å². The average Bonchev–Trinajstić information content (AvgIpc) is 3.60. The molecule has 0 saturated carbocycles. The molecule has 2 N–H and O–H groups in total. The van der Waals surface area contributed by atoms with E-state index >= 15 is 0 Å². The molecule has 0 radical (unpaired) electrons. The summed E-state index contributed by atoms with van der Waals surface area (Å²) >= 11 is 0. The van der Waals surface area contributed by atoms with Crippen molar-refractivity contribution in [1.29, 1.82) is 21.0 Å². The van der Waals surface area contributed by atoms with E-state index in [0.29, 0.717) is 0 Å². The Hall–Kier alpha value is -7.06. The summed E-state index contributed by atoms with van der Waals surface area (Å²) in [5.41, 5.74) is -0.258. The number of allylic oxidation sites excluding steroid dienone is 2. The molecule has 246 valence electrons. The van der Waals surface area contributed by atoms with Crippen molar-refractivity contribution < 1.29 is 36.2 Å². The smallest absolute Gasteiger partial charge is 0.222 e. The van der Waals surface area contributed by atoms with E-state index in [1.165, 1.54) is 36.4 Å². The van der Waals surface area contributed by atoms with Gasteiger partial charge < -0.3 is 19.3 Å². The number of hydrogen-bond donors (Lipinski definition) is 2. The van der Waals surface area contributed by atoms with E-state index in [0.717, 1.165) is 45.8 Å². The number of rotatable bonds is 8. The van der Waals surface area contributed by atoms with Crippen LogP contribution in [0.2, 0.25) is 0 Å². The van der Waals surface area contributed by atoms with Gasteiger partial charge in [-0.25, -0.2) is 26.2 Å². The summed E-state index contributed by atoms with van der Waals surface area (Å²) < 4.78 is 70.4. The number of hydrogen-bond acceptors (Lipinski definition) is 14. The van der Waals surface area contributed by atoms with Gasteiger partial charge in [0.15, 0.2) is 0 Å². The number of benzene rings is 3. The van der Waals surface area contributed by atoms with Crippen LogP contribution < -0.4 is 0 Å². The summed E-state index contributed by atoms with van der Waals surface area (Å²) in [6, 6.07) is 21.7. The first-order valence-electron chi connectivity index (χ1n) is 13.6. The lowest BCUT2D eigenvalue weighted by Crippen LogP contribution is -2.00. The molecule has 0 aliphatic rings. The Kier molecular flexibility index (Phi) is 9.06. The monoisotopic (exact) mass is 704 g/mol. The molecular weight excluding hydrogens is 689 g/mol. The molecule has 0 aliphatic heterocycles. The molecule has 50 heavy (non-hydrogen) atoms. The molecule has 5 rings (SSSR count). The standard InChI is InChI=1S/C32H18N8O8S2/c33-15-19(16-34)12-27-29(37-39(31(27)41)23-4-8-25(9-5-23)49(43,44)45)21-2-1-3-22(14-21)30-28(13-20(17-35)18-36)32(42)40(38-30)24-6-10-26(11-7-24)50(46,47)48/h1-14,41-42H,(H,43,44,45)(H,46,47,48)/p-2. The van der Waals surface area contributed by atoms with Crippen LogP contribution in [0.4, 0.5) is 0 Å². The third-order valence-corrected chi connectivity index (χ3v) is 8.70. The van der Waals surface area contributed by atoms with Gasteiger partial charge in [0.05, 0.1) is 32.3 Å². The average molecular weight is 705 g/mol. The normalized spacial score (nSPS) is 11.0. The van der Waals surface area contributed by atoms with Crippen LogP contribution in [-0.2, 0) is 20.2 Å². The second-order valence-electron chi connectivity index (χ2n) is 10.0. The third-order valence-electron chi connectivity index (χ3n) is 7.00. The molecule has 0 saturated heterocycles. The molecule has 16 nitrogen and oxygen atoms in total. The fourth-order valence-electron chi connectivity index (χ4n) is 4.68. The van der Waals surface area contributed by atoms with Gasteiger partial charge in [0.2, 0.25) is 11.8 Å². The molecular formula is C32H16N8O8S2-2. The minimum absolute atomic E-state index is 0.0118. The molecule has 0 aliphatic carbocycles. The summed E-state index contributed by atoms with van der Waals surface area (Å²) in [4.78, 5) is -1.07. The van der Waals surface area contributed by atoms with Crippen molar-refractivity contribution in [1.82, 2.24) is 19.6 Å². The molecule has 0 spiro atoms. The Bertz CT molecular complexity index is 2430. The quantitative estimate of drug-likeness (QED) is 0.173. The minimum atomic E-state index is -4.78. The molecule has 0 unspecified atom stereocenters. The Morgan fingerprint density at radius 2 is 0.960 bits per heavy atom. The van der Waals surface area contributed by atoms with Crippen molar-refractivity contribution in [2.45, 2.75) is 9.79 Å². The van der Waals surface area contributed by atoms with Crippen molar-refractivity contribution in [3.05, 3.63) is 95.1 Å². The highest BCUT2D eigenvalue weighted by Gasteiger charge is 2.23. The van der Waals surface area contributed by atoms with Crippen molar-refractivity contribution in [2.75, 3.05) is 0 Å². The molecule has 2 aromatic heterocycles. The maximum atomic E-state index is 11.4. The van der Waals surface area contributed by atoms with Gasteiger partial charge in [-0.05, 0) is 66.7 Å². The third kappa shape index (κ3) is 6.67. The largest absolute Gasteiger partial charge is 0.744 e. The van der Waals surface area contributed by atoms with Gasteiger partial charge in [0, 0.05) is 11.1 Å². The maximum Gasteiger partial charge on any atom is 0.222 e. The van der Waals surface area contributed by atoms with E-state index in [4.69, 9.17) is 0 Å². The van der Waals surface area contributed by atoms with Gasteiger partial charge in [0.1, 0.15) is 67.0 Å². The van der Waals surface area contributed by atoms with Crippen molar-refractivity contribution in [3.63, 3.8) is 0 Å². The molecule has 3 aromatic carbocycles. The summed E-state index contributed by atoms with van der Waals surface area (Å²) in [5.74, 6) is -1.12. The van der Waals surface area contributed by atoms with Crippen LogP contribution in [0.5, 0.6) is 11.8 Å². The number of aromatic nitrogens is 4. The predicted octanol–water partition coefficient (Wildman–Crippen LogP) is 3.47. The second-order valence-corrected chi connectivity index (χ2v) is 12.8. The molecule has 0 amide bonds. The highest BCUT2D eigenvalue weighted by atomic mass is 32.2. The van der Waals surface area contributed by atoms with E-state index in [9.17, 15) is 57.2 Å². The van der Waals surface area contributed by atoms with Gasteiger partial charge >= 0.3 is 0 Å². The van der Waals surface area contributed by atoms with Crippen LogP contribution in [0.3, 0.4) is 0 Å². The van der Waals surface area contributed by atoms with Crippen molar-refractivity contribution in [3.8, 4) is 69.9 Å². The summed E-state index contributed by atoms with van der Waals surface area (Å²) in [5, 5.41) is 68.9. The zero-order chi connectivity index (χ0) is 36.4. The fraction of sp³-hybridized carbons (Fsp3) is 0. The van der Waals surface area contributed by atoms with E-state index in [-0.39, 0.29) is 45.0 Å². The van der Waals surface area contributed by atoms with Gasteiger partial charge in [-0.3, -0.25) is 0 Å². The Morgan fingerprint density at radius 1 is 0.620 bits per heavy atom. The topological polar surface area (TPSA) is 286 Å². The van der Waals surface area contributed by atoms with Crippen LogP contribution in [-0.4, -0.2) is 55.7 Å². The van der Waals surface area contributed by atoms with Crippen molar-refractivity contribution in [2.24, 2.45) is 0 Å². The van der Waals surface area contributed by atoms with Gasteiger partial charge in [-0.15, -0.1) is 0 Å². The van der Waals surface area contributed by atoms with Gasteiger partial charge in [-0.2, -0.15) is 31.2 Å². The lowest BCUT2D eigenvalue weighted by atomic mass is 10.00. The van der Waals surface area contributed by atoms with Crippen LogP contribution in [0.25, 0.3) is 46.0 Å². The Morgan fingerprint density at radius 3 is 1.26 bits per heavy atom. The molecule has 2 heterocycles. The highest BCUT2D eigenvalue weighted by Crippen LogP contribution is 2.38.